The predicted molar refractivity (Wildman–Crippen MR) is 61.7 cm³/mol. The third-order valence-electron chi connectivity index (χ3n) is 2.55. The first-order valence-corrected chi connectivity index (χ1v) is 5.45. The highest BCUT2D eigenvalue weighted by atomic mass is 19.1. The molecule has 0 radical (unpaired) electrons. The molecule has 90 valence electrons. The number of anilines is 1. The number of halogens is 2. The quantitative estimate of drug-likeness (QED) is 0.865. The Labute approximate surface area is 98.3 Å². The van der Waals surface area contributed by atoms with E-state index in [1.165, 1.54) is 0 Å². The molecular formula is C13H13F2NO. The summed E-state index contributed by atoms with van der Waals surface area (Å²) in [6, 6.07) is 6.74. The normalized spacial score (nSPS) is 12.4. The van der Waals surface area contributed by atoms with Crippen molar-refractivity contribution in [1.29, 1.82) is 0 Å². The van der Waals surface area contributed by atoms with Crippen LogP contribution >= 0.6 is 0 Å². The van der Waals surface area contributed by atoms with E-state index < -0.39 is 11.6 Å². The molecule has 17 heavy (non-hydrogen) atoms. The molecule has 1 aromatic carbocycles. The minimum Gasteiger partial charge on any atom is -0.467 e. The molecule has 4 heteroatoms. The van der Waals surface area contributed by atoms with E-state index in [0.29, 0.717) is 12.2 Å². The van der Waals surface area contributed by atoms with Gasteiger partial charge in [-0.05, 0) is 36.8 Å². The summed E-state index contributed by atoms with van der Waals surface area (Å²) in [5.74, 6) is -0.240. The lowest BCUT2D eigenvalue weighted by Crippen LogP contribution is -2.10. The lowest BCUT2D eigenvalue weighted by molar-refractivity contribution is 0.472. The van der Waals surface area contributed by atoms with Crippen LogP contribution in [0.25, 0.3) is 0 Å². The molecule has 0 saturated heterocycles. The minimum absolute atomic E-state index is 0.147. The zero-order chi connectivity index (χ0) is 12.3. The molecule has 2 rings (SSSR count). The number of rotatable bonds is 4. The number of nitrogens with one attached hydrogen (secondary N) is 1. The molecule has 0 aliphatic carbocycles. The second-order valence-electron chi connectivity index (χ2n) is 3.74. The molecule has 2 nitrogen and oxygen atoms in total. The summed E-state index contributed by atoms with van der Waals surface area (Å²) in [4.78, 5) is 0. The third-order valence-corrected chi connectivity index (χ3v) is 2.55. The van der Waals surface area contributed by atoms with E-state index in [4.69, 9.17) is 4.42 Å². The van der Waals surface area contributed by atoms with Gasteiger partial charge in [0.15, 0.2) is 0 Å². The van der Waals surface area contributed by atoms with Crippen LogP contribution in [0.3, 0.4) is 0 Å². The number of hydrogen-bond donors (Lipinski definition) is 1. The van der Waals surface area contributed by atoms with E-state index in [-0.39, 0.29) is 11.7 Å². The topological polar surface area (TPSA) is 25.2 Å². The van der Waals surface area contributed by atoms with Gasteiger partial charge in [-0.15, -0.1) is 0 Å². The number of furan rings is 1. The van der Waals surface area contributed by atoms with Gasteiger partial charge in [-0.25, -0.2) is 8.78 Å². The van der Waals surface area contributed by atoms with Gasteiger partial charge in [0.05, 0.1) is 18.0 Å². The second-order valence-corrected chi connectivity index (χ2v) is 3.74. The molecule has 1 heterocycles. The fourth-order valence-electron chi connectivity index (χ4n) is 1.66. The maximum absolute atomic E-state index is 13.4. The zero-order valence-electron chi connectivity index (χ0n) is 9.41. The predicted octanol–water partition coefficient (Wildman–Crippen LogP) is 4.12. The van der Waals surface area contributed by atoms with E-state index >= 15 is 0 Å². The molecule has 0 amide bonds. The van der Waals surface area contributed by atoms with Gasteiger partial charge in [-0.3, -0.25) is 0 Å². The van der Waals surface area contributed by atoms with Crippen LogP contribution in [-0.4, -0.2) is 0 Å². The third kappa shape index (κ3) is 2.64. The first-order chi connectivity index (χ1) is 8.20. The van der Waals surface area contributed by atoms with Crippen LogP contribution in [0.5, 0.6) is 0 Å². The van der Waals surface area contributed by atoms with E-state index in [9.17, 15) is 8.78 Å². The van der Waals surface area contributed by atoms with Crippen LogP contribution in [0.4, 0.5) is 14.5 Å². The molecule has 1 aromatic heterocycles. The second kappa shape index (κ2) is 4.99. The monoisotopic (exact) mass is 237 g/mol. The van der Waals surface area contributed by atoms with Crippen molar-refractivity contribution in [2.75, 3.05) is 5.32 Å². The molecule has 0 bridgehead atoms. The Morgan fingerprint density at radius 1 is 1.29 bits per heavy atom. The summed E-state index contributed by atoms with van der Waals surface area (Å²) < 4.78 is 31.7. The van der Waals surface area contributed by atoms with Gasteiger partial charge in [0, 0.05) is 0 Å². The Balaban J connectivity index is 2.21. The van der Waals surface area contributed by atoms with Crippen molar-refractivity contribution in [2.45, 2.75) is 19.4 Å². The standard InChI is InChI=1S/C13H13F2NO/c1-2-11(13-4-3-7-17-13)16-12-8-9(14)5-6-10(12)15/h3-8,11,16H,2H2,1H3. The highest BCUT2D eigenvalue weighted by Gasteiger charge is 2.14. The highest BCUT2D eigenvalue weighted by molar-refractivity contribution is 5.46. The van der Waals surface area contributed by atoms with E-state index in [1.807, 2.05) is 6.92 Å². The molecular weight excluding hydrogens is 224 g/mol. The Morgan fingerprint density at radius 2 is 2.12 bits per heavy atom. The van der Waals surface area contributed by atoms with Crippen molar-refractivity contribution < 1.29 is 13.2 Å². The summed E-state index contributed by atoms with van der Waals surface area (Å²) in [6.07, 6.45) is 2.27. The van der Waals surface area contributed by atoms with Gasteiger partial charge in [-0.2, -0.15) is 0 Å². The Kier molecular flexibility index (Phi) is 3.42. The fraction of sp³-hybridized carbons (Fsp3) is 0.231. The average Bonchev–Trinajstić information content (AvgIpc) is 2.84. The lowest BCUT2D eigenvalue weighted by Gasteiger charge is -2.16. The highest BCUT2D eigenvalue weighted by Crippen LogP contribution is 2.25. The lowest BCUT2D eigenvalue weighted by atomic mass is 10.1. The summed E-state index contributed by atoms with van der Waals surface area (Å²) in [5, 5.41) is 2.93. The van der Waals surface area contributed by atoms with Crippen LogP contribution in [0.15, 0.2) is 41.0 Å². The van der Waals surface area contributed by atoms with Crippen molar-refractivity contribution in [2.24, 2.45) is 0 Å². The zero-order valence-corrected chi connectivity index (χ0v) is 9.41. The van der Waals surface area contributed by atoms with Gasteiger partial charge in [0.25, 0.3) is 0 Å². The van der Waals surface area contributed by atoms with Gasteiger partial charge in [0.2, 0.25) is 0 Å². The van der Waals surface area contributed by atoms with Gasteiger partial charge in [-0.1, -0.05) is 6.92 Å². The first-order valence-electron chi connectivity index (χ1n) is 5.45. The molecule has 0 saturated carbocycles. The molecule has 0 aliphatic heterocycles. The Hall–Kier alpha value is -1.84. The van der Waals surface area contributed by atoms with Gasteiger partial charge in [0.1, 0.15) is 17.4 Å². The molecule has 0 spiro atoms. The largest absolute Gasteiger partial charge is 0.467 e. The van der Waals surface area contributed by atoms with E-state index in [1.54, 1.807) is 18.4 Å². The summed E-state index contributed by atoms with van der Waals surface area (Å²) >= 11 is 0. The van der Waals surface area contributed by atoms with Crippen molar-refractivity contribution in [3.05, 3.63) is 54.0 Å². The summed E-state index contributed by atoms with van der Waals surface area (Å²) in [7, 11) is 0. The van der Waals surface area contributed by atoms with Gasteiger partial charge < -0.3 is 9.73 Å². The number of hydrogen-bond acceptors (Lipinski definition) is 2. The van der Waals surface area contributed by atoms with Gasteiger partial charge >= 0.3 is 0 Å². The van der Waals surface area contributed by atoms with E-state index in [2.05, 4.69) is 5.32 Å². The summed E-state index contributed by atoms with van der Waals surface area (Å²) in [6.45, 7) is 1.94. The fourth-order valence-corrected chi connectivity index (χ4v) is 1.66. The van der Waals surface area contributed by atoms with Crippen LogP contribution in [0.1, 0.15) is 25.1 Å². The molecule has 1 N–H and O–H groups in total. The van der Waals surface area contributed by atoms with Crippen LogP contribution < -0.4 is 5.32 Å². The van der Waals surface area contributed by atoms with E-state index in [0.717, 1.165) is 18.2 Å². The SMILES string of the molecule is CCC(Nc1cc(F)ccc1F)c1ccco1. The maximum atomic E-state index is 13.4. The Morgan fingerprint density at radius 3 is 2.76 bits per heavy atom. The molecule has 1 atom stereocenters. The number of benzene rings is 1. The van der Waals surface area contributed by atoms with Crippen molar-refractivity contribution in [3.8, 4) is 0 Å². The average molecular weight is 237 g/mol. The first kappa shape index (κ1) is 11.6. The van der Waals surface area contributed by atoms with Crippen LogP contribution in [0, 0.1) is 11.6 Å². The van der Waals surface area contributed by atoms with Crippen molar-refractivity contribution >= 4 is 5.69 Å². The molecule has 2 aromatic rings. The van der Waals surface area contributed by atoms with Crippen molar-refractivity contribution in [3.63, 3.8) is 0 Å². The molecule has 0 fully saturated rings. The smallest absolute Gasteiger partial charge is 0.146 e. The Bertz CT molecular complexity index is 482. The van der Waals surface area contributed by atoms with Crippen molar-refractivity contribution in [1.82, 2.24) is 0 Å². The van der Waals surface area contributed by atoms with Crippen LogP contribution in [0.2, 0.25) is 0 Å². The van der Waals surface area contributed by atoms with Crippen LogP contribution in [-0.2, 0) is 0 Å². The molecule has 1 unspecified atom stereocenters. The minimum atomic E-state index is -0.476. The summed E-state index contributed by atoms with van der Waals surface area (Å²) in [5.41, 5.74) is 0.147. The molecule has 0 aliphatic rings. The maximum Gasteiger partial charge on any atom is 0.146 e.